The summed E-state index contributed by atoms with van der Waals surface area (Å²) in [6, 6.07) is 14.6. The van der Waals surface area contributed by atoms with Crippen LogP contribution >= 0.6 is 0 Å². The zero-order valence-corrected chi connectivity index (χ0v) is 16.8. The third kappa shape index (κ3) is 4.01. The van der Waals surface area contributed by atoms with Gasteiger partial charge in [-0.05, 0) is 62.3 Å². The Balaban J connectivity index is 1.25. The van der Waals surface area contributed by atoms with Crippen LogP contribution < -0.4 is 10.9 Å². The van der Waals surface area contributed by atoms with E-state index in [1.54, 1.807) is 0 Å². The second-order valence-electron chi connectivity index (χ2n) is 9.00. The molecule has 5 heteroatoms. The molecule has 2 atom stereocenters. The second-order valence-corrected chi connectivity index (χ2v) is 9.00. The van der Waals surface area contributed by atoms with E-state index in [4.69, 9.17) is 0 Å². The average molecular weight is 392 g/mol. The first kappa shape index (κ1) is 18.6. The summed E-state index contributed by atoms with van der Waals surface area (Å²) in [5.74, 6) is 1.05. The van der Waals surface area contributed by atoms with Gasteiger partial charge in [-0.3, -0.25) is 9.59 Å². The van der Waals surface area contributed by atoms with Crippen molar-refractivity contribution in [3.8, 4) is 0 Å². The van der Waals surface area contributed by atoms with Gasteiger partial charge in [0.05, 0.1) is 0 Å². The SMILES string of the molecule is O=C(Nc1ccc2n(c1=O)CC1CC2CN(CCCc2ccccc2)C1)C1CC1. The molecule has 2 bridgehead atoms. The Kier molecular flexibility index (Phi) is 5.00. The number of aryl methyl sites for hydroxylation is 1. The van der Waals surface area contributed by atoms with Crippen molar-refractivity contribution in [1.82, 2.24) is 9.47 Å². The van der Waals surface area contributed by atoms with Gasteiger partial charge in [0.25, 0.3) is 5.56 Å². The van der Waals surface area contributed by atoms with Crippen molar-refractivity contribution in [1.29, 1.82) is 0 Å². The van der Waals surface area contributed by atoms with Crippen LogP contribution in [0.25, 0.3) is 0 Å². The van der Waals surface area contributed by atoms with Gasteiger partial charge in [-0.1, -0.05) is 30.3 Å². The van der Waals surface area contributed by atoms with Crippen molar-refractivity contribution < 1.29 is 4.79 Å². The highest BCUT2D eigenvalue weighted by molar-refractivity contribution is 5.93. The van der Waals surface area contributed by atoms with E-state index in [2.05, 4.69) is 46.6 Å². The van der Waals surface area contributed by atoms with Gasteiger partial charge in [0.1, 0.15) is 5.69 Å². The summed E-state index contributed by atoms with van der Waals surface area (Å²) < 4.78 is 1.93. The van der Waals surface area contributed by atoms with Crippen LogP contribution in [0.3, 0.4) is 0 Å². The standard InChI is InChI=1S/C24H29N3O2/c28-23(19-8-9-19)25-21-10-11-22-20-13-18(15-27(22)24(21)29)14-26(16-20)12-4-7-17-5-2-1-3-6-17/h1-3,5-6,10-11,18-20H,4,7-9,12-16H2,(H,25,28). The Labute approximate surface area is 171 Å². The molecule has 152 valence electrons. The zero-order chi connectivity index (χ0) is 19.8. The van der Waals surface area contributed by atoms with Crippen molar-refractivity contribution in [2.75, 3.05) is 25.0 Å². The van der Waals surface area contributed by atoms with Crippen LogP contribution in [-0.4, -0.2) is 35.0 Å². The molecule has 1 amide bonds. The maximum Gasteiger partial charge on any atom is 0.274 e. The fourth-order valence-corrected chi connectivity index (χ4v) is 5.05. The van der Waals surface area contributed by atoms with Crippen LogP contribution in [0.2, 0.25) is 0 Å². The number of anilines is 1. The van der Waals surface area contributed by atoms with Gasteiger partial charge >= 0.3 is 0 Å². The molecule has 1 saturated carbocycles. The number of carbonyl (C=O) groups excluding carboxylic acids is 1. The second kappa shape index (κ2) is 7.79. The summed E-state index contributed by atoms with van der Waals surface area (Å²) in [5, 5.41) is 2.86. The third-order valence-corrected chi connectivity index (χ3v) is 6.67. The first-order chi connectivity index (χ1) is 14.2. The van der Waals surface area contributed by atoms with Gasteiger partial charge in [0, 0.05) is 37.2 Å². The highest BCUT2D eigenvalue weighted by Gasteiger charge is 2.35. The van der Waals surface area contributed by atoms with Crippen LogP contribution in [0, 0.1) is 11.8 Å². The number of pyridine rings is 1. The number of nitrogens with one attached hydrogen (secondary N) is 1. The molecular weight excluding hydrogens is 362 g/mol. The molecule has 1 aliphatic carbocycles. The summed E-state index contributed by atoms with van der Waals surface area (Å²) >= 11 is 0. The molecule has 2 aromatic rings. The normalized spacial score (nSPS) is 23.4. The monoisotopic (exact) mass is 391 g/mol. The Morgan fingerprint density at radius 1 is 1.03 bits per heavy atom. The lowest BCUT2D eigenvalue weighted by molar-refractivity contribution is -0.117. The van der Waals surface area contributed by atoms with E-state index in [1.165, 1.54) is 18.4 Å². The summed E-state index contributed by atoms with van der Waals surface area (Å²) in [5.41, 5.74) is 2.97. The third-order valence-electron chi connectivity index (χ3n) is 6.67. The number of piperidine rings is 1. The number of benzene rings is 1. The predicted octanol–water partition coefficient (Wildman–Crippen LogP) is 3.25. The topological polar surface area (TPSA) is 54.3 Å². The van der Waals surface area contributed by atoms with Crippen molar-refractivity contribution in [2.45, 2.75) is 44.6 Å². The van der Waals surface area contributed by atoms with Gasteiger partial charge in [-0.15, -0.1) is 0 Å². The van der Waals surface area contributed by atoms with Gasteiger partial charge < -0.3 is 14.8 Å². The molecule has 1 aromatic carbocycles. The Hall–Kier alpha value is -2.40. The molecule has 2 fully saturated rings. The van der Waals surface area contributed by atoms with Crippen LogP contribution in [0.5, 0.6) is 0 Å². The molecule has 1 aromatic heterocycles. The number of rotatable bonds is 6. The molecule has 29 heavy (non-hydrogen) atoms. The van der Waals surface area contributed by atoms with Crippen LogP contribution in [0.4, 0.5) is 5.69 Å². The van der Waals surface area contributed by atoms with Gasteiger partial charge in [0.15, 0.2) is 0 Å². The maximum atomic E-state index is 13.0. The van der Waals surface area contributed by atoms with E-state index >= 15 is 0 Å². The van der Waals surface area contributed by atoms with Crippen molar-refractivity contribution >= 4 is 11.6 Å². The van der Waals surface area contributed by atoms with E-state index in [0.717, 1.165) is 51.1 Å². The smallest absolute Gasteiger partial charge is 0.274 e. The number of hydrogen-bond donors (Lipinski definition) is 1. The molecule has 3 heterocycles. The molecule has 2 unspecified atom stereocenters. The molecule has 1 saturated heterocycles. The number of amides is 1. The quantitative estimate of drug-likeness (QED) is 0.822. The molecule has 5 rings (SSSR count). The summed E-state index contributed by atoms with van der Waals surface area (Å²) in [7, 11) is 0. The average Bonchev–Trinajstić information content (AvgIpc) is 3.57. The number of aromatic nitrogens is 1. The zero-order valence-electron chi connectivity index (χ0n) is 16.8. The molecular formula is C24H29N3O2. The Morgan fingerprint density at radius 3 is 2.66 bits per heavy atom. The number of carbonyl (C=O) groups is 1. The van der Waals surface area contributed by atoms with Gasteiger partial charge in [0.2, 0.25) is 5.91 Å². The van der Waals surface area contributed by atoms with E-state index in [1.807, 2.05) is 10.6 Å². The molecule has 2 aliphatic heterocycles. The highest BCUT2D eigenvalue weighted by atomic mass is 16.2. The largest absolute Gasteiger partial charge is 0.321 e. The first-order valence-electron chi connectivity index (χ1n) is 11.0. The fraction of sp³-hybridized carbons (Fsp3) is 0.500. The Morgan fingerprint density at radius 2 is 1.86 bits per heavy atom. The van der Waals surface area contributed by atoms with E-state index in [-0.39, 0.29) is 17.4 Å². The minimum atomic E-state index is -0.0243. The van der Waals surface area contributed by atoms with E-state index < -0.39 is 0 Å². The van der Waals surface area contributed by atoms with E-state index in [0.29, 0.717) is 17.5 Å². The lowest BCUT2D eigenvalue weighted by Crippen LogP contribution is -2.47. The van der Waals surface area contributed by atoms with Crippen molar-refractivity contribution in [3.63, 3.8) is 0 Å². The van der Waals surface area contributed by atoms with Crippen LogP contribution in [0.1, 0.15) is 42.9 Å². The minimum Gasteiger partial charge on any atom is -0.321 e. The van der Waals surface area contributed by atoms with Gasteiger partial charge in [-0.25, -0.2) is 0 Å². The van der Waals surface area contributed by atoms with Crippen LogP contribution in [0.15, 0.2) is 47.3 Å². The lowest BCUT2D eigenvalue weighted by Gasteiger charge is -2.43. The summed E-state index contributed by atoms with van der Waals surface area (Å²) in [6.45, 7) is 3.98. The molecule has 0 spiro atoms. The Bertz CT molecular complexity index is 948. The van der Waals surface area contributed by atoms with Crippen molar-refractivity contribution in [3.05, 3.63) is 64.1 Å². The number of fused-ring (bicyclic) bond motifs is 4. The summed E-state index contributed by atoms with van der Waals surface area (Å²) in [6.07, 6.45) is 5.35. The maximum absolute atomic E-state index is 13.0. The first-order valence-corrected chi connectivity index (χ1v) is 11.0. The summed E-state index contributed by atoms with van der Waals surface area (Å²) in [4.78, 5) is 27.6. The number of hydrogen-bond acceptors (Lipinski definition) is 3. The highest BCUT2D eigenvalue weighted by Crippen LogP contribution is 2.36. The minimum absolute atomic E-state index is 0.00300. The predicted molar refractivity (Wildman–Crippen MR) is 114 cm³/mol. The number of likely N-dealkylation sites (tertiary alicyclic amines) is 1. The van der Waals surface area contributed by atoms with E-state index in [9.17, 15) is 9.59 Å². The van der Waals surface area contributed by atoms with Gasteiger partial charge in [-0.2, -0.15) is 0 Å². The molecule has 1 N–H and O–H groups in total. The molecule has 0 radical (unpaired) electrons. The molecule has 3 aliphatic rings. The molecule has 5 nitrogen and oxygen atoms in total. The number of nitrogens with zero attached hydrogens (tertiary/aromatic N) is 2. The van der Waals surface area contributed by atoms with Crippen molar-refractivity contribution in [2.24, 2.45) is 11.8 Å². The lowest BCUT2D eigenvalue weighted by atomic mass is 9.83. The fourth-order valence-electron chi connectivity index (χ4n) is 5.05. The van der Waals surface area contributed by atoms with Crippen LogP contribution in [-0.2, 0) is 17.8 Å².